The highest BCUT2D eigenvalue weighted by molar-refractivity contribution is 5.83. The van der Waals surface area contributed by atoms with Gasteiger partial charge >= 0.3 is 5.97 Å². The Morgan fingerprint density at radius 3 is 1.77 bits per heavy atom. The predicted octanol–water partition coefficient (Wildman–Crippen LogP) is 1.38. The molecule has 0 atom stereocenters. The van der Waals surface area contributed by atoms with Crippen LogP contribution < -0.4 is 0 Å². The number of esters is 1. The van der Waals surface area contributed by atoms with Crippen molar-refractivity contribution in [1.29, 1.82) is 10.5 Å². The number of nitriles is 2. The summed E-state index contributed by atoms with van der Waals surface area (Å²) in [4.78, 5) is 11.3. The zero-order valence-corrected chi connectivity index (χ0v) is 8.21. The number of nitrogens with zero attached hydrogens (tertiary/aromatic N) is 2. The van der Waals surface area contributed by atoms with Gasteiger partial charge in [-0.25, -0.2) is 4.79 Å². The summed E-state index contributed by atoms with van der Waals surface area (Å²) < 4.78 is 4.90. The van der Waals surface area contributed by atoms with E-state index in [2.05, 4.69) is 0 Å². The number of ether oxygens (including phenoxy) is 1. The van der Waals surface area contributed by atoms with Crippen LogP contribution in [0.1, 0.15) is 27.7 Å². The molecule has 0 aromatic heterocycles. The largest absolute Gasteiger partial charge is 0.458 e. The smallest absolute Gasteiger partial charge is 0.341 e. The maximum absolute atomic E-state index is 11.3. The van der Waals surface area contributed by atoms with Crippen molar-refractivity contribution in [1.82, 2.24) is 0 Å². The maximum Gasteiger partial charge on any atom is 0.341 e. The third kappa shape index (κ3) is 3.13. The standard InChI is InChI=1S/C9H12N2O2/c1-8(2,3)13-7(12)9(4,5-10)6-11/h1-4H3. The van der Waals surface area contributed by atoms with Gasteiger partial charge in [-0.1, -0.05) is 0 Å². The molecule has 4 heteroatoms. The Bertz CT molecular complexity index is 274. The van der Waals surface area contributed by atoms with Crippen LogP contribution in [0.15, 0.2) is 0 Å². The monoisotopic (exact) mass is 180 g/mol. The molecule has 0 aromatic rings. The first-order valence-electron chi connectivity index (χ1n) is 3.81. The van der Waals surface area contributed by atoms with Crippen molar-refractivity contribution in [2.24, 2.45) is 5.41 Å². The second-order valence-corrected chi connectivity index (χ2v) is 3.85. The van der Waals surface area contributed by atoms with Gasteiger partial charge < -0.3 is 4.74 Å². The highest BCUT2D eigenvalue weighted by atomic mass is 16.6. The van der Waals surface area contributed by atoms with E-state index in [-0.39, 0.29) is 0 Å². The molecule has 13 heavy (non-hydrogen) atoms. The third-order valence-electron chi connectivity index (χ3n) is 1.25. The zero-order chi connectivity index (χ0) is 10.7. The summed E-state index contributed by atoms with van der Waals surface area (Å²) in [5, 5.41) is 17.2. The van der Waals surface area contributed by atoms with Gasteiger partial charge in [0.15, 0.2) is 0 Å². The second kappa shape index (κ2) is 3.45. The van der Waals surface area contributed by atoms with E-state index in [9.17, 15) is 4.79 Å². The molecule has 0 N–H and O–H groups in total. The van der Waals surface area contributed by atoms with Crippen molar-refractivity contribution in [3.8, 4) is 12.1 Å². The molecule has 0 unspecified atom stereocenters. The van der Waals surface area contributed by atoms with E-state index in [0.29, 0.717) is 0 Å². The van der Waals surface area contributed by atoms with Crippen LogP contribution in [-0.2, 0) is 9.53 Å². The fraction of sp³-hybridized carbons (Fsp3) is 0.667. The number of carbonyl (C=O) groups excluding carboxylic acids is 1. The van der Waals surface area contributed by atoms with Gasteiger partial charge in [-0.3, -0.25) is 0 Å². The highest BCUT2D eigenvalue weighted by Gasteiger charge is 2.37. The number of hydrogen-bond acceptors (Lipinski definition) is 4. The van der Waals surface area contributed by atoms with Gasteiger partial charge in [-0.2, -0.15) is 10.5 Å². The molecule has 4 nitrogen and oxygen atoms in total. The predicted molar refractivity (Wildman–Crippen MR) is 45.2 cm³/mol. The Balaban J connectivity index is 4.66. The van der Waals surface area contributed by atoms with E-state index < -0.39 is 17.0 Å². The Morgan fingerprint density at radius 2 is 1.54 bits per heavy atom. The average molecular weight is 180 g/mol. The van der Waals surface area contributed by atoms with Crippen LogP contribution in [0.2, 0.25) is 0 Å². The van der Waals surface area contributed by atoms with E-state index in [0.717, 1.165) is 0 Å². The van der Waals surface area contributed by atoms with Gasteiger partial charge in [0.25, 0.3) is 0 Å². The van der Waals surface area contributed by atoms with Gasteiger partial charge in [0.1, 0.15) is 5.60 Å². The molecule has 70 valence electrons. The molecule has 0 fully saturated rings. The summed E-state index contributed by atoms with van der Waals surface area (Å²) >= 11 is 0. The lowest BCUT2D eigenvalue weighted by atomic mass is 9.95. The Hall–Kier alpha value is -1.55. The number of hydrogen-bond donors (Lipinski definition) is 0. The van der Waals surface area contributed by atoms with E-state index in [1.54, 1.807) is 32.9 Å². The normalized spacial score (nSPS) is 11.2. The molecule has 0 radical (unpaired) electrons. The van der Waals surface area contributed by atoms with Crippen LogP contribution in [0.4, 0.5) is 0 Å². The molecule has 0 heterocycles. The van der Waals surface area contributed by atoms with Gasteiger partial charge in [-0.15, -0.1) is 0 Å². The second-order valence-electron chi connectivity index (χ2n) is 3.85. The maximum atomic E-state index is 11.3. The van der Waals surface area contributed by atoms with Crippen LogP contribution in [0.25, 0.3) is 0 Å². The van der Waals surface area contributed by atoms with Gasteiger partial charge in [0, 0.05) is 0 Å². The molecular formula is C9H12N2O2. The van der Waals surface area contributed by atoms with Crippen LogP contribution in [0.3, 0.4) is 0 Å². The van der Waals surface area contributed by atoms with E-state index in [1.165, 1.54) is 6.92 Å². The fourth-order valence-electron chi connectivity index (χ4n) is 0.496. The molecule has 0 rings (SSSR count). The number of rotatable bonds is 1. The van der Waals surface area contributed by atoms with Crippen LogP contribution in [-0.4, -0.2) is 11.6 Å². The van der Waals surface area contributed by atoms with E-state index in [1.807, 2.05) is 0 Å². The topological polar surface area (TPSA) is 73.9 Å². The quantitative estimate of drug-likeness (QED) is 0.571. The van der Waals surface area contributed by atoms with Crippen molar-refractivity contribution in [2.75, 3.05) is 0 Å². The molecule has 0 aromatic carbocycles. The highest BCUT2D eigenvalue weighted by Crippen LogP contribution is 2.19. The van der Waals surface area contributed by atoms with Crippen LogP contribution in [0.5, 0.6) is 0 Å². The molecule has 0 aliphatic carbocycles. The van der Waals surface area contributed by atoms with Crippen LogP contribution >= 0.6 is 0 Å². The average Bonchev–Trinajstić information content (AvgIpc) is 2.00. The summed E-state index contributed by atoms with van der Waals surface area (Å²) in [7, 11) is 0. The zero-order valence-electron chi connectivity index (χ0n) is 8.21. The Labute approximate surface area is 77.7 Å². The van der Waals surface area contributed by atoms with E-state index in [4.69, 9.17) is 15.3 Å². The first kappa shape index (κ1) is 11.4. The SMILES string of the molecule is CC(C)(C)OC(=O)C(C)(C#N)C#N. The number of carbonyl (C=O) groups is 1. The molecule has 0 saturated heterocycles. The molecule has 0 bridgehead atoms. The summed E-state index contributed by atoms with van der Waals surface area (Å²) in [5.74, 6) is -0.801. The Morgan fingerprint density at radius 1 is 1.15 bits per heavy atom. The minimum absolute atomic E-state index is 0.675. The Kier molecular flexibility index (Phi) is 3.04. The molecular weight excluding hydrogens is 168 g/mol. The fourth-order valence-corrected chi connectivity index (χ4v) is 0.496. The van der Waals surface area contributed by atoms with Crippen molar-refractivity contribution >= 4 is 5.97 Å². The molecule has 0 aliphatic heterocycles. The lowest BCUT2D eigenvalue weighted by molar-refractivity contribution is -0.160. The lowest BCUT2D eigenvalue weighted by Gasteiger charge is -2.22. The van der Waals surface area contributed by atoms with Crippen molar-refractivity contribution in [3.63, 3.8) is 0 Å². The summed E-state index contributed by atoms with van der Waals surface area (Å²) in [6, 6.07) is 3.23. The van der Waals surface area contributed by atoms with Gasteiger partial charge in [0.05, 0.1) is 12.1 Å². The first-order chi connectivity index (χ1) is 5.75. The summed E-state index contributed by atoms with van der Waals surface area (Å²) in [5.41, 5.74) is -2.38. The van der Waals surface area contributed by atoms with E-state index >= 15 is 0 Å². The molecule has 0 amide bonds. The van der Waals surface area contributed by atoms with Crippen LogP contribution in [0, 0.1) is 28.1 Å². The minimum Gasteiger partial charge on any atom is -0.458 e. The van der Waals surface area contributed by atoms with Crippen molar-refractivity contribution in [3.05, 3.63) is 0 Å². The first-order valence-corrected chi connectivity index (χ1v) is 3.81. The van der Waals surface area contributed by atoms with Crippen molar-refractivity contribution < 1.29 is 9.53 Å². The van der Waals surface area contributed by atoms with Crippen molar-refractivity contribution in [2.45, 2.75) is 33.3 Å². The van der Waals surface area contributed by atoms with Gasteiger partial charge in [-0.05, 0) is 27.7 Å². The lowest BCUT2D eigenvalue weighted by Crippen LogP contribution is -2.33. The van der Waals surface area contributed by atoms with Gasteiger partial charge in [0.2, 0.25) is 5.41 Å². The molecule has 0 spiro atoms. The molecule has 0 saturated carbocycles. The minimum atomic E-state index is -1.70. The molecule has 0 aliphatic rings. The third-order valence-corrected chi connectivity index (χ3v) is 1.25. The summed E-state index contributed by atoms with van der Waals surface area (Å²) in [6.45, 7) is 6.28. The summed E-state index contributed by atoms with van der Waals surface area (Å²) in [6.07, 6.45) is 0.